The third kappa shape index (κ3) is 3.28. The Kier molecular flexibility index (Phi) is 4.47. The molecule has 4 rings (SSSR count). The summed E-state index contributed by atoms with van der Waals surface area (Å²) in [4.78, 5) is 12.8. The van der Waals surface area contributed by atoms with Crippen molar-refractivity contribution in [2.75, 3.05) is 13.2 Å². The second kappa shape index (κ2) is 6.90. The molecule has 1 aliphatic heterocycles. The summed E-state index contributed by atoms with van der Waals surface area (Å²) < 4.78 is 7.59. The summed E-state index contributed by atoms with van der Waals surface area (Å²) in [5.74, 6) is 1.39. The molecule has 2 aliphatic rings. The number of benzene rings is 1. The van der Waals surface area contributed by atoms with Gasteiger partial charge in [0.2, 0.25) is 0 Å². The van der Waals surface area contributed by atoms with E-state index >= 15 is 0 Å². The first kappa shape index (κ1) is 16.2. The van der Waals surface area contributed by atoms with Gasteiger partial charge in [0.15, 0.2) is 0 Å². The molecule has 0 saturated carbocycles. The lowest BCUT2D eigenvalue weighted by molar-refractivity contribution is 0.0935. The lowest BCUT2D eigenvalue weighted by Gasteiger charge is -2.16. The van der Waals surface area contributed by atoms with Gasteiger partial charge in [0.05, 0.1) is 12.3 Å². The number of nitrogens with zero attached hydrogens (tertiary/aromatic N) is 2. The van der Waals surface area contributed by atoms with Gasteiger partial charge < -0.3 is 10.1 Å². The summed E-state index contributed by atoms with van der Waals surface area (Å²) >= 11 is 0. The van der Waals surface area contributed by atoms with Gasteiger partial charge in [-0.2, -0.15) is 5.10 Å². The van der Waals surface area contributed by atoms with Crippen LogP contribution in [0, 0.1) is 5.92 Å². The number of amides is 1. The number of carbonyl (C=O) groups is 1. The van der Waals surface area contributed by atoms with E-state index in [4.69, 9.17) is 4.74 Å². The molecule has 0 radical (unpaired) electrons. The van der Waals surface area contributed by atoms with E-state index in [2.05, 4.69) is 16.5 Å². The zero-order chi connectivity index (χ0) is 17.2. The number of aryl methyl sites for hydroxylation is 2. The highest BCUT2D eigenvalue weighted by Gasteiger charge is 2.25. The largest absolute Gasteiger partial charge is 0.493 e. The Balaban J connectivity index is 1.43. The van der Waals surface area contributed by atoms with Crippen molar-refractivity contribution in [3.63, 3.8) is 0 Å². The number of nitrogens with one attached hydrogen (secondary N) is 1. The molecule has 5 nitrogen and oxygen atoms in total. The van der Waals surface area contributed by atoms with Crippen LogP contribution in [0.1, 0.15) is 46.6 Å². The lowest BCUT2D eigenvalue weighted by atomic mass is 9.95. The van der Waals surface area contributed by atoms with Crippen LogP contribution < -0.4 is 10.1 Å². The van der Waals surface area contributed by atoms with Crippen LogP contribution in [-0.4, -0.2) is 28.8 Å². The van der Waals surface area contributed by atoms with Crippen LogP contribution in [0.4, 0.5) is 0 Å². The van der Waals surface area contributed by atoms with Crippen LogP contribution in [0.5, 0.6) is 5.75 Å². The molecule has 2 heterocycles. The van der Waals surface area contributed by atoms with Crippen LogP contribution in [0.25, 0.3) is 0 Å². The second-order valence-electron chi connectivity index (χ2n) is 7.13. The zero-order valence-corrected chi connectivity index (χ0v) is 14.8. The quantitative estimate of drug-likeness (QED) is 0.935. The Labute approximate surface area is 148 Å². The highest BCUT2D eigenvalue weighted by atomic mass is 16.5. The smallest absolute Gasteiger partial charge is 0.269 e. The SMILES string of the molecule is Cn1nc2c(c1C(=O)NC[C@@H]1CCOc3ccccc3C1)CCCC2. The van der Waals surface area contributed by atoms with Gasteiger partial charge in [-0.05, 0) is 56.1 Å². The van der Waals surface area contributed by atoms with Crippen molar-refractivity contribution in [2.45, 2.75) is 38.5 Å². The van der Waals surface area contributed by atoms with Crippen molar-refractivity contribution < 1.29 is 9.53 Å². The Bertz CT molecular complexity index is 781. The normalized spacial score (nSPS) is 19.3. The number of para-hydroxylation sites is 1. The third-order valence-corrected chi connectivity index (χ3v) is 5.35. The van der Waals surface area contributed by atoms with Crippen molar-refractivity contribution in [2.24, 2.45) is 13.0 Å². The predicted molar refractivity (Wildman–Crippen MR) is 95.9 cm³/mol. The Morgan fingerprint density at radius 3 is 3.08 bits per heavy atom. The molecule has 1 atom stereocenters. The molecule has 0 unspecified atom stereocenters. The maximum Gasteiger partial charge on any atom is 0.269 e. The molecule has 0 fully saturated rings. The molecule has 2 aromatic rings. The Hall–Kier alpha value is -2.30. The number of fused-ring (bicyclic) bond motifs is 2. The summed E-state index contributed by atoms with van der Waals surface area (Å²) in [5.41, 5.74) is 4.24. The summed E-state index contributed by atoms with van der Waals surface area (Å²) in [6.07, 6.45) is 6.18. The van der Waals surface area contributed by atoms with Crippen molar-refractivity contribution in [3.8, 4) is 5.75 Å². The molecule has 0 spiro atoms. The highest BCUT2D eigenvalue weighted by Crippen LogP contribution is 2.27. The topological polar surface area (TPSA) is 56.2 Å². The monoisotopic (exact) mass is 339 g/mol. The average molecular weight is 339 g/mol. The van der Waals surface area contributed by atoms with E-state index < -0.39 is 0 Å². The predicted octanol–water partition coefficient (Wildman–Crippen LogP) is 2.67. The minimum atomic E-state index is 0.0107. The van der Waals surface area contributed by atoms with Gasteiger partial charge >= 0.3 is 0 Å². The fourth-order valence-corrected chi connectivity index (χ4v) is 4.02. The van der Waals surface area contributed by atoms with Gasteiger partial charge in [0.25, 0.3) is 5.91 Å². The molecule has 1 N–H and O–H groups in total. The number of ether oxygens (including phenoxy) is 1. The highest BCUT2D eigenvalue weighted by molar-refractivity contribution is 5.94. The van der Waals surface area contributed by atoms with E-state index in [1.165, 1.54) is 12.0 Å². The first-order chi connectivity index (χ1) is 12.2. The third-order valence-electron chi connectivity index (χ3n) is 5.35. The fraction of sp³-hybridized carbons (Fsp3) is 0.500. The van der Waals surface area contributed by atoms with E-state index in [0.29, 0.717) is 19.1 Å². The van der Waals surface area contributed by atoms with Gasteiger partial charge in [0, 0.05) is 19.2 Å². The second-order valence-corrected chi connectivity index (χ2v) is 7.13. The van der Waals surface area contributed by atoms with E-state index in [1.54, 1.807) is 4.68 Å². The lowest BCUT2D eigenvalue weighted by Crippen LogP contribution is -2.32. The minimum Gasteiger partial charge on any atom is -0.493 e. The molecule has 1 aromatic carbocycles. The number of carbonyl (C=O) groups excluding carboxylic acids is 1. The van der Waals surface area contributed by atoms with Crippen LogP contribution in [0.2, 0.25) is 0 Å². The molecule has 1 amide bonds. The van der Waals surface area contributed by atoms with Crippen molar-refractivity contribution in [1.82, 2.24) is 15.1 Å². The first-order valence-electron chi connectivity index (χ1n) is 9.26. The van der Waals surface area contributed by atoms with Crippen LogP contribution in [-0.2, 0) is 26.3 Å². The van der Waals surface area contributed by atoms with Crippen molar-refractivity contribution >= 4 is 5.91 Å². The molecule has 0 bridgehead atoms. The molecular weight excluding hydrogens is 314 g/mol. The van der Waals surface area contributed by atoms with Gasteiger partial charge in [-0.15, -0.1) is 0 Å². The van der Waals surface area contributed by atoms with E-state index in [1.807, 2.05) is 25.2 Å². The number of hydrogen-bond donors (Lipinski definition) is 1. The molecule has 5 heteroatoms. The molecule has 0 saturated heterocycles. The molecule has 25 heavy (non-hydrogen) atoms. The Morgan fingerprint density at radius 1 is 1.32 bits per heavy atom. The molecular formula is C20H25N3O2. The number of hydrogen-bond acceptors (Lipinski definition) is 3. The van der Waals surface area contributed by atoms with Gasteiger partial charge in [-0.1, -0.05) is 18.2 Å². The number of rotatable bonds is 3. The number of aromatic nitrogens is 2. The molecule has 1 aliphatic carbocycles. The molecule has 132 valence electrons. The first-order valence-corrected chi connectivity index (χ1v) is 9.26. The van der Waals surface area contributed by atoms with Crippen molar-refractivity contribution in [1.29, 1.82) is 0 Å². The standard InChI is InChI=1S/C20H25N3O2/c1-23-19(16-7-3-4-8-17(16)22-23)20(24)21-13-14-10-11-25-18-9-5-2-6-15(18)12-14/h2,5-6,9,14H,3-4,7-8,10-13H2,1H3,(H,21,24)/t14-/m1/s1. The summed E-state index contributed by atoms with van der Waals surface area (Å²) in [6, 6.07) is 8.20. The van der Waals surface area contributed by atoms with E-state index in [9.17, 15) is 4.79 Å². The van der Waals surface area contributed by atoms with Gasteiger partial charge in [-0.3, -0.25) is 9.48 Å². The van der Waals surface area contributed by atoms with E-state index in [-0.39, 0.29) is 5.91 Å². The minimum absolute atomic E-state index is 0.0107. The van der Waals surface area contributed by atoms with Crippen LogP contribution >= 0.6 is 0 Å². The summed E-state index contributed by atoms with van der Waals surface area (Å²) in [6.45, 7) is 1.38. The van der Waals surface area contributed by atoms with Gasteiger partial charge in [0.1, 0.15) is 11.4 Å². The Morgan fingerprint density at radius 2 is 2.16 bits per heavy atom. The van der Waals surface area contributed by atoms with Crippen molar-refractivity contribution in [3.05, 3.63) is 46.8 Å². The summed E-state index contributed by atoms with van der Waals surface area (Å²) in [5, 5.41) is 7.70. The molecule has 1 aromatic heterocycles. The maximum atomic E-state index is 12.8. The van der Waals surface area contributed by atoms with Gasteiger partial charge in [-0.25, -0.2) is 0 Å². The fourth-order valence-electron chi connectivity index (χ4n) is 4.02. The van der Waals surface area contributed by atoms with Crippen LogP contribution in [0.3, 0.4) is 0 Å². The maximum absolute atomic E-state index is 12.8. The average Bonchev–Trinajstić information content (AvgIpc) is 2.82. The van der Waals surface area contributed by atoms with E-state index in [0.717, 1.165) is 54.8 Å². The zero-order valence-electron chi connectivity index (χ0n) is 14.8. The van der Waals surface area contributed by atoms with Crippen LogP contribution in [0.15, 0.2) is 24.3 Å². The summed E-state index contributed by atoms with van der Waals surface area (Å²) in [7, 11) is 1.88.